The zero-order valence-electron chi connectivity index (χ0n) is 13.0. The van der Waals surface area contributed by atoms with Crippen molar-refractivity contribution < 1.29 is 9.53 Å². The van der Waals surface area contributed by atoms with Crippen molar-refractivity contribution in [3.8, 4) is 0 Å². The van der Waals surface area contributed by atoms with Gasteiger partial charge in [-0.15, -0.1) is 10.2 Å². The molecule has 0 radical (unpaired) electrons. The highest BCUT2D eigenvalue weighted by Gasteiger charge is 2.13. The minimum Gasteiger partial charge on any atom is -0.453 e. The van der Waals surface area contributed by atoms with Crippen molar-refractivity contribution in [3.05, 3.63) is 48.0 Å². The lowest BCUT2D eigenvalue weighted by Gasteiger charge is -2.27. The summed E-state index contributed by atoms with van der Waals surface area (Å²) in [5, 5.41) is 10.7. The fourth-order valence-electron chi connectivity index (χ4n) is 2.01. The van der Waals surface area contributed by atoms with Gasteiger partial charge in [0.1, 0.15) is 0 Å². The van der Waals surface area contributed by atoms with Crippen LogP contribution in [0.15, 0.2) is 42.5 Å². The van der Waals surface area contributed by atoms with Crippen LogP contribution in [0.3, 0.4) is 0 Å². The molecule has 0 aliphatic carbocycles. The Balaban J connectivity index is 2.13. The maximum atomic E-state index is 11.1. The Labute approximate surface area is 130 Å². The molecule has 0 unspecified atom stereocenters. The highest BCUT2D eigenvalue weighted by atomic mass is 16.5. The molecule has 0 fully saturated rings. The maximum Gasteiger partial charge on any atom is 0.412 e. The second-order valence-corrected chi connectivity index (χ2v) is 5.10. The normalized spacial score (nSPS) is 10.4. The largest absolute Gasteiger partial charge is 0.453 e. The number of rotatable bonds is 5. The summed E-state index contributed by atoms with van der Waals surface area (Å²) in [6.45, 7) is 4.95. The average Bonchev–Trinajstić information content (AvgIpc) is 2.54. The van der Waals surface area contributed by atoms with Crippen molar-refractivity contribution in [2.75, 3.05) is 17.3 Å². The van der Waals surface area contributed by atoms with Gasteiger partial charge in [0, 0.05) is 12.6 Å². The Morgan fingerprint density at radius 1 is 1.18 bits per heavy atom. The minimum atomic E-state index is -0.563. The van der Waals surface area contributed by atoms with Crippen LogP contribution in [-0.2, 0) is 11.3 Å². The Kier molecular flexibility index (Phi) is 5.30. The molecule has 1 N–H and O–H groups in total. The number of methoxy groups -OCH3 is 1. The fraction of sp³-hybridized carbons (Fsp3) is 0.312. The number of nitrogens with zero attached hydrogens (tertiary/aromatic N) is 3. The molecule has 1 amide bonds. The van der Waals surface area contributed by atoms with Crippen LogP contribution < -0.4 is 10.2 Å². The summed E-state index contributed by atoms with van der Waals surface area (Å²) in [5.41, 5.74) is 1.20. The molecule has 2 rings (SSSR count). The second kappa shape index (κ2) is 7.40. The Bertz CT molecular complexity index is 599. The van der Waals surface area contributed by atoms with E-state index in [0.717, 1.165) is 12.4 Å². The molecule has 0 saturated heterocycles. The van der Waals surface area contributed by atoms with Gasteiger partial charge in [-0.05, 0) is 31.5 Å². The zero-order chi connectivity index (χ0) is 15.9. The lowest BCUT2D eigenvalue weighted by Crippen LogP contribution is -2.31. The Hall–Kier alpha value is -2.63. The Morgan fingerprint density at radius 2 is 1.91 bits per heavy atom. The van der Waals surface area contributed by atoms with E-state index in [4.69, 9.17) is 0 Å². The molecule has 2 aromatic rings. The Morgan fingerprint density at radius 3 is 2.45 bits per heavy atom. The van der Waals surface area contributed by atoms with Crippen molar-refractivity contribution in [1.29, 1.82) is 0 Å². The highest BCUT2D eigenvalue weighted by Crippen LogP contribution is 2.18. The molecule has 22 heavy (non-hydrogen) atoms. The summed E-state index contributed by atoms with van der Waals surface area (Å²) in [7, 11) is 1.30. The molecule has 1 heterocycles. The molecule has 0 saturated carbocycles. The first kappa shape index (κ1) is 15.8. The molecule has 6 heteroatoms. The molecular weight excluding hydrogens is 280 g/mol. The van der Waals surface area contributed by atoms with Gasteiger partial charge in [-0.1, -0.05) is 30.3 Å². The molecule has 116 valence electrons. The van der Waals surface area contributed by atoms with Gasteiger partial charge in [0.2, 0.25) is 0 Å². The zero-order valence-corrected chi connectivity index (χ0v) is 13.0. The fourth-order valence-corrected chi connectivity index (χ4v) is 2.01. The molecule has 0 bridgehead atoms. The lowest BCUT2D eigenvalue weighted by atomic mass is 10.2. The number of nitrogens with one attached hydrogen (secondary N) is 1. The summed E-state index contributed by atoms with van der Waals surface area (Å²) in [4.78, 5) is 13.3. The number of aromatic nitrogens is 2. The van der Waals surface area contributed by atoms with E-state index >= 15 is 0 Å². The molecule has 0 spiro atoms. The predicted octanol–water partition coefficient (Wildman–Crippen LogP) is 3.07. The van der Waals surface area contributed by atoms with Gasteiger partial charge in [-0.25, -0.2) is 4.79 Å². The van der Waals surface area contributed by atoms with E-state index in [0.29, 0.717) is 5.82 Å². The minimum absolute atomic E-state index is 0.272. The van der Waals surface area contributed by atoms with Gasteiger partial charge in [0.05, 0.1) is 7.11 Å². The number of ether oxygens (including phenoxy) is 1. The van der Waals surface area contributed by atoms with E-state index < -0.39 is 6.09 Å². The van der Waals surface area contributed by atoms with Crippen molar-refractivity contribution in [2.24, 2.45) is 0 Å². The third-order valence-electron chi connectivity index (χ3n) is 3.18. The van der Waals surface area contributed by atoms with Crippen LogP contribution in [0.1, 0.15) is 19.4 Å². The van der Waals surface area contributed by atoms with E-state index in [1.165, 1.54) is 12.7 Å². The van der Waals surface area contributed by atoms with Crippen molar-refractivity contribution in [3.63, 3.8) is 0 Å². The first-order chi connectivity index (χ1) is 10.6. The van der Waals surface area contributed by atoms with Crippen molar-refractivity contribution in [2.45, 2.75) is 26.4 Å². The highest BCUT2D eigenvalue weighted by molar-refractivity contribution is 5.83. The van der Waals surface area contributed by atoms with Crippen molar-refractivity contribution >= 4 is 17.7 Å². The summed E-state index contributed by atoms with van der Waals surface area (Å²) in [5.74, 6) is 1.12. The van der Waals surface area contributed by atoms with E-state index in [1.54, 1.807) is 6.07 Å². The van der Waals surface area contributed by atoms with Crippen LogP contribution in [0, 0.1) is 0 Å². The number of benzene rings is 1. The summed E-state index contributed by atoms with van der Waals surface area (Å²) < 4.78 is 4.52. The molecule has 1 aromatic carbocycles. The monoisotopic (exact) mass is 300 g/mol. The van der Waals surface area contributed by atoms with Gasteiger partial charge >= 0.3 is 6.09 Å². The van der Waals surface area contributed by atoms with E-state index in [-0.39, 0.29) is 6.04 Å². The lowest BCUT2D eigenvalue weighted by molar-refractivity contribution is 0.187. The van der Waals surface area contributed by atoms with Crippen LogP contribution in [0.4, 0.5) is 16.4 Å². The van der Waals surface area contributed by atoms with Gasteiger partial charge in [0.15, 0.2) is 11.6 Å². The number of hydrogen-bond acceptors (Lipinski definition) is 5. The first-order valence-electron chi connectivity index (χ1n) is 7.09. The molecule has 0 aliphatic heterocycles. The molecular formula is C16H20N4O2. The van der Waals surface area contributed by atoms with E-state index in [1.807, 2.05) is 24.3 Å². The van der Waals surface area contributed by atoms with Crippen LogP contribution in [-0.4, -0.2) is 29.4 Å². The summed E-state index contributed by atoms with van der Waals surface area (Å²) >= 11 is 0. The molecule has 0 aliphatic rings. The van der Waals surface area contributed by atoms with Crippen molar-refractivity contribution in [1.82, 2.24) is 10.2 Å². The van der Waals surface area contributed by atoms with Crippen LogP contribution in [0.25, 0.3) is 0 Å². The number of carbonyl (C=O) groups is 1. The van der Waals surface area contributed by atoms with E-state index in [9.17, 15) is 4.79 Å². The number of amides is 1. The van der Waals surface area contributed by atoms with Crippen LogP contribution >= 0.6 is 0 Å². The van der Waals surface area contributed by atoms with Gasteiger partial charge < -0.3 is 9.64 Å². The summed E-state index contributed by atoms with van der Waals surface area (Å²) in [6.07, 6.45) is -0.563. The molecule has 6 nitrogen and oxygen atoms in total. The summed E-state index contributed by atoms with van der Waals surface area (Å²) in [6, 6.07) is 14.0. The van der Waals surface area contributed by atoms with Crippen LogP contribution in [0.2, 0.25) is 0 Å². The molecule has 1 aromatic heterocycles. The third kappa shape index (κ3) is 4.18. The standard InChI is InChI=1S/C16H20N4O2/c1-12(2)20(11-13-7-5-4-6-8-13)15-10-9-14(18-19-15)17-16(21)22-3/h4-10,12H,11H2,1-3H3,(H,17,18,21). The molecule has 0 atom stereocenters. The average molecular weight is 300 g/mol. The van der Waals surface area contributed by atoms with E-state index in [2.05, 4.69) is 51.1 Å². The number of anilines is 2. The van der Waals surface area contributed by atoms with Gasteiger partial charge in [-0.3, -0.25) is 5.32 Å². The predicted molar refractivity (Wildman–Crippen MR) is 85.8 cm³/mol. The number of hydrogen-bond donors (Lipinski definition) is 1. The quantitative estimate of drug-likeness (QED) is 0.919. The first-order valence-corrected chi connectivity index (χ1v) is 7.09. The smallest absolute Gasteiger partial charge is 0.412 e. The third-order valence-corrected chi connectivity index (χ3v) is 3.18. The number of carbonyl (C=O) groups excluding carboxylic acids is 1. The van der Waals surface area contributed by atoms with Gasteiger partial charge in [0.25, 0.3) is 0 Å². The maximum absolute atomic E-state index is 11.1. The topological polar surface area (TPSA) is 67.3 Å². The SMILES string of the molecule is COC(=O)Nc1ccc(N(Cc2ccccc2)C(C)C)nn1. The second-order valence-electron chi connectivity index (χ2n) is 5.10. The van der Waals surface area contributed by atoms with Crippen LogP contribution in [0.5, 0.6) is 0 Å². The van der Waals surface area contributed by atoms with Gasteiger partial charge in [-0.2, -0.15) is 0 Å².